The fourth-order valence-electron chi connectivity index (χ4n) is 2.78. The molecule has 0 aliphatic heterocycles. The van der Waals surface area contributed by atoms with Gasteiger partial charge in [-0.25, -0.2) is 0 Å². The summed E-state index contributed by atoms with van der Waals surface area (Å²) >= 11 is 0. The average molecular weight is 336 g/mol. The quantitative estimate of drug-likeness (QED) is 0.515. The molecule has 2 heterocycles. The van der Waals surface area contributed by atoms with Gasteiger partial charge in [0.2, 0.25) is 0 Å². The van der Waals surface area contributed by atoms with Gasteiger partial charge in [0.25, 0.3) is 0 Å². The number of aryl methyl sites for hydroxylation is 2. The molecular weight excluding hydrogens is 316 g/mol. The molecule has 5 heteroatoms. The van der Waals surface area contributed by atoms with Crippen LogP contribution < -0.4 is 4.74 Å². The first-order valence-electron chi connectivity index (χ1n) is 7.98. The fourth-order valence-corrected chi connectivity index (χ4v) is 2.78. The van der Waals surface area contributed by atoms with Gasteiger partial charge in [0.1, 0.15) is 11.5 Å². The number of hydrogen-bond acceptors (Lipinski definition) is 4. The molecule has 2 aromatic heterocycles. The normalized spacial score (nSPS) is 11.2. The van der Waals surface area contributed by atoms with Gasteiger partial charge in [-0.15, -0.1) is 0 Å². The number of aromatic nitrogens is 2. The smallest absolute Gasteiger partial charge is 0.185 e. The third-order valence-electron chi connectivity index (χ3n) is 4.10. The highest BCUT2D eigenvalue weighted by Gasteiger charge is 2.12. The van der Waals surface area contributed by atoms with E-state index in [1.165, 1.54) is 0 Å². The molecule has 0 unspecified atom stereocenters. The summed E-state index contributed by atoms with van der Waals surface area (Å²) in [5, 5.41) is 4.07. The zero-order chi connectivity index (χ0) is 18.0. The Hall–Kier alpha value is -3.08. The predicted octanol–water partition coefficient (Wildman–Crippen LogP) is 4.30. The third kappa shape index (κ3) is 3.40. The highest BCUT2D eigenvalue weighted by Crippen LogP contribution is 2.22. The van der Waals surface area contributed by atoms with E-state index in [1.54, 1.807) is 37.5 Å². The maximum Gasteiger partial charge on any atom is 0.185 e. The first kappa shape index (κ1) is 16.8. The number of benzene rings is 1. The van der Waals surface area contributed by atoms with Gasteiger partial charge < -0.3 is 9.26 Å². The number of carbonyl (C=O) groups excluding carboxylic acids is 1. The van der Waals surface area contributed by atoms with Crippen LogP contribution in [0.4, 0.5) is 0 Å². The van der Waals surface area contributed by atoms with Crippen LogP contribution in [0.2, 0.25) is 0 Å². The molecule has 0 aliphatic carbocycles. The van der Waals surface area contributed by atoms with E-state index in [2.05, 4.69) is 5.16 Å². The lowest BCUT2D eigenvalue weighted by Gasteiger charge is -2.04. The number of ether oxygens (including phenoxy) is 1. The number of carbonyl (C=O) groups is 1. The summed E-state index contributed by atoms with van der Waals surface area (Å²) < 4.78 is 12.3. The number of hydrogen-bond donors (Lipinski definition) is 0. The summed E-state index contributed by atoms with van der Waals surface area (Å²) in [4.78, 5) is 12.3. The molecule has 1 aromatic carbocycles. The van der Waals surface area contributed by atoms with E-state index in [4.69, 9.17) is 9.26 Å². The summed E-state index contributed by atoms with van der Waals surface area (Å²) in [5.74, 6) is 2.18. The molecule has 3 aromatic rings. The number of ketones is 1. The largest absolute Gasteiger partial charge is 0.497 e. The molecule has 0 saturated heterocycles. The first-order valence-corrected chi connectivity index (χ1v) is 7.98. The van der Waals surface area contributed by atoms with Crippen LogP contribution in [0.1, 0.15) is 33.1 Å². The van der Waals surface area contributed by atoms with Crippen molar-refractivity contribution >= 4 is 11.9 Å². The van der Waals surface area contributed by atoms with Gasteiger partial charge in [-0.3, -0.25) is 9.36 Å². The van der Waals surface area contributed by atoms with Crippen molar-refractivity contribution < 1.29 is 14.1 Å². The molecule has 5 nitrogen and oxygen atoms in total. The molecule has 0 atom stereocenters. The second-order valence-corrected chi connectivity index (χ2v) is 5.88. The van der Waals surface area contributed by atoms with Crippen molar-refractivity contribution in [2.75, 3.05) is 7.11 Å². The van der Waals surface area contributed by atoms with Crippen molar-refractivity contribution in [3.05, 3.63) is 70.7 Å². The van der Waals surface area contributed by atoms with Crippen LogP contribution in [0.25, 0.3) is 11.9 Å². The Bertz CT molecular complexity index is 931. The Morgan fingerprint density at radius 1 is 1.16 bits per heavy atom. The summed E-state index contributed by atoms with van der Waals surface area (Å²) in [5.41, 5.74) is 3.63. The lowest BCUT2D eigenvalue weighted by molar-refractivity contribution is 0.104. The fraction of sp³-hybridized carbons (Fsp3) is 0.200. The minimum absolute atomic E-state index is 0.0512. The summed E-state index contributed by atoms with van der Waals surface area (Å²) in [7, 11) is 1.60. The second kappa shape index (κ2) is 6.81. The maximum absolute atomic E-state index is 12.3. The lowest BCUT2D eigenvalue weighted by Crippen LogP contribution is -1.99. The summed E-state index contributed by atoms with van der Waals surface area (Å²) in [6.45, 7) is 5.85. The number of methoxy groups -OCH3 is 1. The van der Waals surface area contributed by atoms with Crippen LogP contribution in [0.15, 0.2) is 47.0 Å². The van der Waals surface area contributed by atoms with Crippen LogP contribution >= 0.6 is 0 Å². The lowest BCUT2D eigenvalue weighted by atomic mass is 10.1. The molecule has 0 radical (unpaired) electrons. The van der Waals surface area contributed by atoms with E-state index < -0.39 is 0 Å². The maximum atomic E-state index is 12.3. The van der Waals surface area contributed by atoms with E-state index in [-0.39, 0.29) is 5.78 Å². The zero-order valence-corrected chi connectivity index (χ0v) is 14.7. The monoisotopic (exact) mass is 336 g/mol. The van der Waals surface area contributed by atoms with Crippen LogP contribution in [0, 0.1) is 20.8 Å². The molecule has 0 bridgehead atoms. The van der Waals surface area contributed by atoms with Crippen molar-refractivity contribution in [2.24, 2.45) is 0 Å². The van der Waals surface area contributed by atoms with Crippen LogP contribution in [-0.2, 0) is 0 Å². The van der Waals surface area contributed by atoms with Crippen LogP contribution in [0.3, 0.4) is 0 Å². The zero-order valence-electron chi connectivity index (χ0n) is 14.7. The predicted molar refractivity (Wildman–Crippen MR) is 96.4 cm³/mol. The minimum Gasteiger partial charge on any atom is -0.497 e. The SMILES string of the molecule is COc1ccc(C(=O)/C=C/c2cc(C)n(-c3cc(C)on3)c2C)cc1. The molecule has 0 fully saturated rings. The van der Waals surface area contributed by atoms with Crippen molar-refractivity contribution in [3.63, 3.8) is 0 Å². The molecule has 3 rings (SSSR count). The van der Waals surface area contributed by atoms with Crippen molar-refractivity contribution in [3.8, 4) is 11.6 Å². The van der Waals surface area contributed by atoms with Gasteiger partial charge in [-0.2, -0.15) is 0 Å². The Labute approximate surface area is 146 Å². The number of nitrogens with zero attached hydrogens (tertiary/aromatic N) is 2. The molecule has 0 spiro atoms. The van der Waals surface area contributed by atoms with Crippen LogP contribution in [0.5, 0.6) is 5.75 Å². The Balaban J connectivity index is 1.85. The minimum atomic E-state index is -0.0512. The van der Waals surface area contributed by atoms with Crippen molar-refractivity contribution in [1.82, 2.24) is 9.72 Å². The molecule has 25 heavy (non-hydrogen) atoms. The molecule has 0 N–H and O–H groups in total. The van der Waals surface area contributed by atoms with Gasteiger partial charge in [-0.1, -0.05) is 5.16 Å². The standard InChI is InChI=1S/C20H20N2O3/c1-13-11-17(15(3)22(13)20-12-14(2)25-21-20)7-10-19(23)16-5-8-18(24-4)9-6-16/h5-12H,1-4H3/b10-7+. The number of rotatable bonds is 5. The van der Waals surface area contributed by atoms with Gasteiger partial charge in [-0.05, 0) is 68.8 Å². The number of allylic oxidation sites excluding steroid dienone is 1. The molecule has 128 valence electrons. The summed E-state index contributed by atoms with van der Waals surface area (Å²) in [6, 6.07) is 11.0. The topological polar surface area (TPSA) is 57.3 Å². The van der Waals surface area contributed by atoms with E-state index in [0.717, 1.165) is 34.3 Å². The van der Waals surface area contributed by atoms with Gasteiger partial charge >= 0.3 is 0 Å². The van der Waals surface area contributed by atoms with Crippen molar-refractivity contribution in [2.45, 2.75) is 20.8 Å². The first-order chi connectivity index (χ1) is 12.0. The average Bonchev–Trinajstić information content (AvgIpc) is 3.15. The van der Waals surface area contributed by atoms with Gasteiger partial charge in [0, 0.05) is 23.0 Å². The molecule has 0 saturated carbocycles. The van der Waals surface area contributed by atoms with Gasteiger partial charge in [0.05, 0.1) is 7.11 Å². The second-order valence-electron chi connectivity index (χ2n) is 5.88. The van der Waals surface area contributed by atoms with E-state index >= 15 is 0 Å². The van der Waals surface area contributed by atoms with E-state index in [9.17, 15) is 4.79 Å². The van der Waals surface area contributed by atoms with E-state index in [1.807, 2.05) is 43.5 Å². The van der Waals surface area contributed by atoms with E-state index in [0.29, 0.717) is 5.56 Å². The van der Waals surface area contributed by atoms with Crippen LogP contribution in [-0.4, -0.2) is 22.6 Å². The molecular formula is C20H20N2O3. The molecule has 0 aliphatic rings. The Morgan fingerprint density at radius 3 is 2.48 bits per heavy atom. The Kier molecular flexibility index (Phi) is 4.57. The molecule has 0 amide bonds. The summed E-state index contributed by atoms with van der Waals surface area (Å²) in [6.07, 6.45) is 3.42. The Morgan fingerprint density at radius 2 is 1.88 bits per heavy atom. The third-order valence-corrected chi connectivity index (χ3v) is 4.10. The highest BCUT2D eigenvalue weighted by atomic mass is 16.5. The van der Waals surface area contributed by atoms with Gasteiger partial charge in [0.15, 0.2) is 11.6 Å². The highest BCUT2D eigenvalue weighted by molar-refractivity contribution is 6.06. The van der Waals surface area contributed by atoms with Crippen molar-refractivity contribution in [1.29, 1.82) is 0 Å².